The molecule has 3 fully saturated rings. The summed E-state index contributed by atoms with van der Waals surface area (Å²) in [6.45, 7) is 0.991. The van der Waals surface area contributed by atoms with E-state index in [2.05, 4.69) is 12.1 Å². The van der Waals surface area contributed by atoms with Crippen LogP contribution in [0, 0.1) is 0 Å². The molecule has 2 atom stereocenters. The average molecular weight is 553 g/mol. The lowest BCUT2D eigenvalue weighted by Gasteiger charge is -2.51. The summed E-state index contributed by atoms with van der Waals surface area (Å²) in [7, 11) is 0. The standard InChI is InChI=1S/C34H28N6O2/c41-33(29-13-5-11-27(37-29)31-17-21-7-1-3-9-25(21)35-31)39-19-24-16-15-23(39)20-40(24)34(42)30-14-6-12-28(38-30)32-18-22-8-2-4-10-26(22)36-32/h1-14,23-24H,15-20H2. The van der Waals surface area contributed by atoms with Crippen LogP contribution in [0.15, 0.2) is 94.9 Å². The van der Waals surface area contributed by atoms with Gasteiger partial charge in [-0.2, -0.15) is 0 Å². The highest BCUT2D eigenvalue weighted by Crippen LogP contribution is 2.32. The highest BCUT2D eigenvalue weighted by molar-refractivity contribution is 6.07. The third-order valence-corrected chi connectivity index (χ3v) is 8.79. The predicted octanol–water partition coefficient (Wildman–Crippen LogP) is 4.96. The number of carbonyl (C=O) groups excluding carboxylic acids is 2. The van der Waals surface area contributed by atoms with Crippen LogP contribution in [-0.2, 0) is 12.8 Å². The number of benzene rings is 2. The molecule has 2 amide bonds. The van der Waals surface area contributed by atoms with Gasteiger partial charge in [-0.1, -0.05) is 48.5 Å². The van der Waals surface area contributed by atoms with Crippen molar-refractivity contribution in [2.75, 3.05) is 13.1 Å². The van der Waals surface area contributed by atoms with Gasteiger partial charge in [0.1, 0.15) is 11.4 Å². The van der Waals surface area contributed by atoms with Crippen LogP contribution in [0.3, 0.4) is 0 Å². The van der Waals surface area contributed by atoms with Gasteiger partial charge >= 0.3 is 0 Å². The topological polar surface area (TPSA) is 91.1 Å². The van der Waals surface area contributed by atoms with Crippen molar-refractivity contribution in [1.29, 1.82) is 0 Å². The summed E-state index contributed by atoms with van der Waals surface area (Å²) in [4.78, 5) is 50.2. The third kappa shape index (κ3) is 4.22. The van der Waals surface area contributed by atoms with Crippen molar-refractivity contribution < 1.29 is 9.59 Å². The largest absolute Gasteiger partial charge is 0.330 e. The Balaban J connectivity index is 0.980. The quantitative estimate of drug-likeness (QED) is 0.358. The van der Waals surface area contributed by atoms with Crippen LogP contribution in [0.25, 0.3) is 0 Å². The normalized spacial score (nSPS) is 20.2. The number of pyridine rings is 2. The number of fused-ring (bicyclic) bond motifs is 5. The van der Waals surface area contributed by atoms with E-state index in [4.69, 9.17) is 20.0 Å². The van der Waals surface area contributed by atoms with Gasteiger partial charge in [0.05, 0.1) is 34.2 Å². The lowest BCUT2D eigenvalue weighted by Crippen LogP contribution is -2.65. The average Bonchev–Trinajstić information content (AvgIpc) is 3.69. The second-order valence-electron chi connectivity index (χ2n) is 11.3. The summed E-state index contributed by atoms with van der Waals surface area (Å²) in [5.74, 6) is -0.178. The number of amides is 2. The number of hydrogen-bond acceptors (Lipinski definition) is 6. The number of para-hydroxylation sites is 2. The highest BCUT2D eigenvalue weighted by Gasteiger charge is 2.44. The van der Waals surface area contributed by atoms with Crippen molar-refractivity contribution in [3.8, 4) is 0 Å². The van der Waals surface area contributed by atoms with Gasteiger partial charge in [0.25, 0.3) is 11.8 Å². The van der Waals surface area contributed by atoms with E-state index in [-0.39, 0.29) is 23.9 Å². The van der Waals surface area contributed by atoms with Crippen LogP contribution in [0.2, 0.25) is 0 Å². The fourth-order valence-corrected chi connectivity index (χ4v) is 6.61. The van der Waals surface area contributed by atoms with Gasteiger partial charge in [-0.25, -0.2) is 9.97 Å². The zero-order chi connectivity index (χ0) is 28.2. The van der Waals surface area contributed by atoms with Gasteiger partial charge in [0.15, 0.2) is 0 Å². The molecule has 206 valence electrons. The molecule has 0 radical (unpaired) electrons. The number of aliphatic imine (C=N–C) groups is 2. The smallest absolute Gasteiger partial charge is 0.272 e. The van der Waals surface area contributed by atoms with E-state index in [0.717, 1.165) is 47.0 Å². The lowest BCUT2D eigenvalue weighted by molar-refractivity contribution is -0.00660. The molecule has 3 saturated heterocycles. The Kier molecular flexibility index (Phi) is 5.80. The highest BCUT2D eigenvalue weighted by atomic mass is 16.2. The van der Waals surface area contributed by atoms with E-state index in [1.807, 2.05) is 70.5 Å². The fourth-order valence-electron chi connectivity index (χ4n) is 6.61. The second kappa shape index (κ2) is 9.83. The number of piperazine rings is 1. The SMILES string of the molecule is O=C(c1cccc(C2=Nc3ccccc3C2)n1)N1CC2CCC1CN2C(=O)c1cccc(C2=Nc3ccccc3C2)n1. The first-order valence-electron chi connectivity index (χ1n) is 14.5. The minimum absolute atomic E-state index is 0.0538. The minimum atomic E-state index is -0.0892. The molecule has 2 aromatic heterocycles. The van der Waals surface area contributed by atoms with E-state index in [1.165, 1.54) is 11.1 Å². The predicted molar refractivity (Wildman–Crippen MR) is 160 cm³/mol. The molecule has 0 saturated carbocycles. The van der Waals surface area contributed by atoms with Crippen LogP contribution >= 0.6 is 0 Å². The molecular formula is C34H28N6O2. The monoisotopic (exact) mass is 552 g/mol. The maximum Gasteiger partial charge on any atom is 0.272 e. The number of carbonyl (C=O) groups is 2. The molecule has 5 aliphatic heterocycles. The van der Waals surface area contributed by atoms with Gasteiger partial charge in [-0.3, -0.25) is 19.6 Å². The zero-order valence-electron chi connectivity index (χ0n) is 23.0. The molecule has 7 heterocycles. The summed E-state index contributed by atoms with van der Waals surface area (Å²) in [6.07, 6.45) is 3.15. The molecule has 0 N–H and O–H groups in total. The van der Waals surface area contributed by atoms with Crippen molar-refractivity contribution in [3.05, 3.63) is 119 Å². The number of rotatable bonds is 4. The van der Waals surface area contributed by atoms with Crippen LogP contribution in [0.1, 0.15) is 56.3 Å². The first-order valence-corrected chi connectivity index (χ1v) is 14.5. The fraction of sp³-hybridized carbons (Fsp3) is 0.235. The van der Waals surface area contributed by atoms with Crippen molar-refractivity contribution in [1.82, 2.24) is 19.8 Å². The number of aromatic nitrogens is 2. The maximum atomic E-state index is 13.7. The van der Waals surface area contributed by atoms with Gasteiger partial charge < -0.3 is 9.80 Å². The van der Waals surface area contributed by atoms with Gasteiger partial charge in [-0.05, 0) is 60.4 Å². The molecule has 5 aliphatic rings. The van der Waals surface area contributed by atoms with Crippen molar-refractivity contribution in [2.24, 2.45) is 9.98 Å². The zero-order valence-corrected chi connectivity index (χ0v) is 23.0. The Morgan fingerprint density at radius 1 is 0.571 bits per heavy atom. The van der Waals surface area contributed by atoms with E-state index in [9.17, 15) is 9.59 Å². The van der Waals surface area contributed by atoms with Crippen LogP contribution in [0.5, 0.6) is 0 Å². The molecule has 2 aromatic carbocycles. The summed E-state index contributed by atoms with van der Waals surface area (Å²) in [5, 5.41) is 0. The molecule has 42 heavy (non-hydrogen) atoms. The van der Waals surface area contributed by atoms with Gasteiger partial charge in [-0.15, -0.1) is 0 Å². The Morgan fingerprint density at radius 2 is 1.02 bits per heavy atom. The molecule has 8 nitrogen and oxygen atoms in total. The summed E-state index contributed by atoms with van der Waals surface area (Å²) >= 11 is 0. The molecule has 0 aliphatic carbocycles. The van der Waals surface area contributed by atoms with E-state index in [1.54, 1.807) is 12.1 Å². The molecule has 4 aromatic rings. The number of nitrogens with zero attached hydrogens (tertiary/aromatic N) is 6. The van der Waals surface area contributed by atoms with E-state index >= 15 is 0 Å². The summed E-state index contributed by atoms with van der Waals surface area (Å²) in [6, 6.07) is 27.2. The summed E-state index contributed by atoms with van der Waals surface area (Å²) in [5.41, 5.74) is 8.34. The lowest BCUT2D eigenvalue weighted by atomic mass is 9.90. The Bertz CT molecular complexity index is 1700. The van der Waals surface area contributed by atoms with Crippen LogP contribution in [-0.4, -0.2) is 68.2 Å². The van der Waals surface area contributed by atoms with Crippen molar-refractivity contribution >= 4 is 34.6 Å². The van der Waals surface area contributed by atoms with Crippen molar-refractivity contribution in [3.63, 3.8) is 0 Å². The minimum Gasteiger partial charge on any atom is -0.330 e. The first kappa shape index (κ1) is 24.8. The molecule has 0 spiro atoms. The Morgan fingerprint density at radius 3 is 1.45 bits per heavy atom. The molecule has 2 bridgehead atoms. The number of hydrogen-bond donors (Lipinski definition) is 0. The first-order chi connectivity index (χ1) is 20.6. The van der Waals surface area contributed by atoms with E-state index in [0.29, 0.717) is 37.3 Å². The van der Waals surface area contributed by atoms with Crippen LogP contribution in [0.4, 0.5) is 11.4 Å². The number of piperidine rings is 2. The van der Waals surface area contributed by atoms with Crippen molar-refractivity contribution in [2.45, 2.75) is 37.8 Å². The Labute approximate surface area is 243 Å². The third-order valence-electron chi connectivity index (χ3n) is 8.79. The maximum absolute atomic E-state index is 13.7. The molecule has 9 rings (SSSR count). The second-order valence-corrected chi connectivity index (χ2v) is 11.3. The van der Waals surface area contributed by atoms with E-state index < -0.39 is 0 Å². The molecule has 2 unspecified atom stereocenters. The molecular weight excluding hydrogens is 524 g/mol. The Hall–Kier alpha value is -4.98. The summed E-state index contributed by atoms with van der Waals surface area (Å²) < 4.78 is 0. The van der Waals surface area contributed by atoms with Crippen LogP contribution < -0.4 is 0 Å². The van der Waals surface area contributed by atoms with Gasteiger partial charge in [0, 0.05) is 38.0 Å². The molecule has 8 heteroatoms. The van der Waals surface area contributed by atoms with Gasteiger partial charge in [0.2, 0.25) is 0 Å².